The van der Waals surface area contributed by atoms with Crippen LogP contribution >= 0.6 is 0 Å². The summed E-state index contributed by atoms with van der Waals surface area (Å²) in [5, 5.41) is 5.36. The number of furan rings is 1. The molecule has 0 radical (unpaired) electrons. The van der Waals surface area contributed by atoms with Gasteiger partial charge in [0, 0.05) is 16.5 Å². The van der Waals surface area contributed by atoms with E-state index in [0.717, 1.165) is 22.1 Å². The Morgan fingerprint density at radius 2 is 2.18 bits per heavy atom. The van der Waals surface area contributed by atoms with Crippen LogP contribution in [0.2, 0.25) is 0 Å². The minimum atomic E-state index is 0.636. The fourth-order valence-corrected chi connectivity index (χ4v) is 1.93. The zero-order valence-corrected chi connectivity index (χ0v) is 9.55. The van der Waals surface area contributed by atoms with Crippen molar-refractivity contribution < 1.29 is 4.42 Å². The molecule has 0 aliphatic heterocycles. The molecule has 0 aliphatic carbocycles. The van der Waals surface area contributed by atoms with Gasteiger partial charge in [-0.25, -0.2) is 4.68 Å². The van der Waals surface area contributed by atoms with Crippen molar-refractivity contribution in [2.75, 3.05) is 5.73 Å². The Morgan fingerprint density at radius 1 is 1.35 bits per heavy atom. The van der Waals surface area contributed by atoms with Crippen LogP contribution in [0.5, 0.6) is 0 Å². The van der Waals surface area contributed by atoms with Gasteiger partial charge < -0.3 is 10.2 Å². The summed E-state index contributed by atoms with van der Waals surface area (Å²) < 4.78 is 7.27. The highest BCUT2D eigenvalue weighted by atomic mass is 16.3. The van der Waals surface area contributed by atoms with Crippen LogP contribution in [0.4, 0.5) is 5.82 Å². The summed E-state index contributed by atoms with van der Waals surface area (Å²) >= 11 is 0. The van der Waals surface area contributed by atoms with E-state index in [2.05, 4.69) is 5.10 Å². The summed E-state index contributed by atoms with van der Waals surface area (Å²) in [6, 6.07) is 7.96. The third-order valence-electron chi connectivity index (χ3n) is 2.95. The topological polar surface area (TPSA) is 57.0 Å². The van der Waals surface area contributed by atoms with Gasteiger partial charge >= 0.3 is 0 Å². The van der Waals surface area contributed by atoms with Crippen LogP contribution in [0.15, 0.2) is 41.1 Å². The van der Waals surface area contributed by atoms with Crippen LogP contribution in [0.3, 0.4) is 0 Å². The molecule has 86 valence electrons. The van der Waals surface area contributed by atoms with Crippen LogP contribution in [0, 0.1) is 6.92 Å². The molecule has 0 saturated carbocycles. The molecule has 2 aromatic heterocycles. The number of nitrogen functional groups attached to an aromatic ring is 1. The first-order valence-electron chi connectivity index (χ1n) is 5.48. The van der Waals surface area contributed by atoms with E-state index in [0.29, 0.717) is 12.4 Å². The first-order chi connectivity index (χ1) is 8.25. The molecule has 2 N–H and O–H groups in total. The van der Waals surface area contributed by atoms with Gasteiger partial charge in [-0.15, -0.1) is 0 Å². The first-order valence-corrected chi connectivity index (χ1v) is 5.48. The fourth-order valence-electron chi connectivity index (χ4n) is 1.93. The van der Waals surface area contributed by atoms with E-state index in [1.807, 2.05) is 31.2 Å². The second-order valence-corrected chi connectivity index (χ2v) is 4.13. The van der Waals surface area contributed by atoms with Gasteiger partial charge in [0.25, 0.3) is 0 Å². The Kier molecular flexibility index (Phi) is 2.14. The number of benzene rings is 1. The Hall–Kier alpha value is -2.23. The predicted molar refractivity (Wildman–Crippen MR) is 66.7 cm³/mol. The van der Waals surface area contributed by atoms with Crippen molar-refractivity contribution in [1.29, 1.82) is 0 Å². The molecule has 0 amide bonds. The molecular weight excluding hydrogens is 214 g/mol. The maximum Gasteiger partial charge on any atom is 0.134 e. The molecule has 0 fully saturated rings. The third kappa shape index (κ3) is 1.58. The maximum atomic E-state index is 5.93. The van der Waals surface area contributed by atoms with Crippen molar-refractivity contribution in [3.05, 3.63) is 47.9 Å². The van der Waals surface area contributed by atoms with Crippen molar-refractivity contribution in [2.24, 2.45) is 0 Å². The van der Waals surface area contributed by atoms with Crippen molar-refractivity contribution in [2.45, 2.75) is 13.5 Å². The normalized spacial score (nSPS) is 11.1. The second kappa shape index (κ2) is 3.66. The largest absolute Gasteiger partial charge is 0.464 e. The van der Waals surface area contributed by atoms with E-state index in [4.69, 9.17) is 10.2 Å². The summed E-state index contributed by atoms with van der Waals surface area (Å²) in [6.07, 6.45) is 3.54. The molecule has 0 saturated heterocycles. The molecule has 2 heterocycles. The molecule has 0 atom stereocenters. The number of aryl methyl sites for hydroxylation is 1. The highest BCUT2D eigenvalue weighted by Gasteiger charge is 2.08. The Morgan fingerprint density at radius 3 is 2.94 bits per heavy atom. The summed E-state index contributed by atoms with van der Waals surface area (Å²) in [6.45, 7) is 2.59. The van der Waals surface area contributed by atoms with Crippen molar-refractivity contribution in [1.82, 2.24) is 9.78 Å². The summed E-state index contributed by atoms with van der Waals surface area (Å²) in [5.74, 6) is 0.704. The average Bonchev–Trinajstić information content (AvgIpc) is 2.89. The van der Waals surface area contributed by atoms with Gasteiger partial charge in [-0.3, -0.25) is 0 Å². The zero-order chi connectivity index (χ0) is 11.8. The molecule has 3 aromatic rings. The first kappa shape index (κ1) is 9.96. The SMILES string of the molecule is Cc1cnn(Cc2coc3ccccc23)c1N. The summed E-state index contributed by atoms with van der Waals surface area (Å²) in [5.41, 5.74) is 8.92. The number of rotatable bonds is 2. The molecule has 0 bridgehead atoms. The van der Waals surface area contributed by atoms with Crippen molar-refractivity contribution in [3.63, 3.8) is 0 Å². The number of para-hydroxylation sites is 1. The van der Waals surface area contributed by atoms with Crippen molar-refractivity contribution >= 4 is 16.8 Å². The maximum absolute atomic E-state index is 5.93. The molecule has 4 nitrogen and oxygen atoms in total. The number of nitrogens with zero attached hydrogens (tertiary/aromatic N) is 2. The van der Waals surface area contributed by atoms with Crippen LogP contribution in [-0.2, 0) is 6.54 Å². The number of fused-ring (bicyclic) bond motifs is 1. The van der Waals surface area contributed by atoms with E-state index < -0.39 is 0 Å². The summed E-state index contributed by atoms with van der Waals surface area (Å²) in [7, 11) is 0. The van der Waals surface area contributed by atoms with Gasteiger partial charge in [-0.2, -0.15) is 5.10 Å². The van der Waals surface area contributed by atoms with Crippen molar-refractivity contribution in [3.8, 4) is 0 Å². The van der Waals surface area contributed by atoms with Crippen LogP contribution in [0.25, 0.3) is 11.0 Å². The van der Waals surface area contributed by atoms with Crippen LogP contribution in [0.1, 0.15) is 11.1 Å². The van der Waals surface area contributed by atoms with Gasteiger partial charge in [-0.1, -0.05) is 18.2 Å². The van der Waals surface area contributed by atoms with E-state index in [9.17, 15) is 0 Å². The number of aromatic nitrogens is 2. The molecule has 0 aliphatic rings. The lowest BCUT2D eigenvalue weighted by atomic mass is 10.2. The highest BCUT2D eigenvalue weighted by Crippen LogP contribution is 2.22. The van der Waals surface area contributed by atoms with E-state index in [1.54, 1.807) is 17.1 Å². The van der Waals surface area contributed by atoms with E-state index >= 15 is 0 Å². The lowest BCUT2D eigenvalue weighted by Gasteiger charge is -2.02. The molecule has 17 heavy (non-hydrogen) atoms. The Bertz CT molecular complexity index is 666. The van der Waals surface area contributed by atoms with Gasteiger partial charge in [-0.05, 0) is 13.0 Å². The lowest BCUT2D eigenvalue weighted by Crippen LogP contribution is -2.05. The van der Waals surface area contributed by atoms with E-state index in [1.165, 1.54) is 0 Å². The fraction of sp³-hybridized carbons (Fsp3) is 0.154. The monoisotopic (exact) mass is 227 g/mol. The molecule has 0 spiro atoms. The molecule has 3 rings (SSSR count). The minimum Gasteiger partial charge on any atom is -0.464 e. The molecular formula is C13H13N3O. The molecule has 1 aromatic carbocycles. The molecule has 0 unspecified atom stereocenters. The molecule has 4 heteroatoms. The van der Waals surface area contributed by atoms with Crippen LogP contribution < -0.4 is 5.73 Å². The second-order valence-electron chi connectivity index (χ2n) is 4.13. The predicted octanol–water partition coefficient (Wildman–Crippen LogP) is 2.57. The number of hydrogen-bond donors (Lipinski definition) is 1. The van der Waals surface area contributed by atoms with Crippen LogP contribution in [-0.4, -0.2) is 9.78 Å². The van der Waals surface area contributed by atoms with Gasteiger partial charge in [0.2, 0.25) is 0 Å². The summed E-state index contributed by atoms with van der Waals surface area (Å²) in [4.78, 5) is 0. The number of nitrogens with two attached hydrogens (primary N) is 1. The zero-order valence-electron chi connectivity index (χ0n) is 9.55. The van der Waals surface area contributed by atoms with Gasteiger partial charge in [0.1, 0.15) is 11.4 Å². The number of anilines is 1. The van der Waals surface area contributed by atoms with Gasteiger partial charge in [0.15, 0.2) is 0 Å². The van der Waals surface area contributed by atoms with Gasteiger partial charge in [0.05, 0.1) is 19.0 Å². The average molecular weight is 227 g/mol. The smallest absolute Gasteiger partial charge is 0.134 e. The quantitative estimate of drug-likeness (QED) is 0.732. The Labute approximate surface area is 98.6 Å². The number of hydrogen-bond acceptors (Lipinski definition) is 3. The minimum absolute atomic E-state index is 0.636. The highest BCUT2D eigenvalue weighted by molar-refractivity contribution is 5.80. The lowest BCUT2D eigenvalue weighted by molar-refractivity contribution is 0.602. The third-order valence-corrected chi connectivity index (χ3v) is 2.95. The Balaban J connectivity index is 2.03. The van der Waals surface area contributed by atoms with E-state index in [-0.39, 0.29) is 0 Å². The standard InChI is InChI=1S/C13H13N3O/c1-9-6-15-16(13(9)14)7-10-8-17-12-5-3-2-4-11(10)12/h2-6,8H,7,14H2,1H3.